The van der Waals surface area contributed by atoms with Gasteiger partial charge in [0.05, 0.1) is 0 Å². The normalized spacial score (nSPS) is 12.0. The molecule has 0 aliphatic carbocycles. The zero-order valence-corrected chi connectivity index (χ0v) is 13.0. The van der Waals surface area contributed by atoms with Gasteiger partial charge in [0.15, 0.2) is 0 Å². The number of nitrogens with zero attached hydrogens (tertiary/aromatic N) is 1. The molecule has 21 heavy (non-hydrogen) atoms. The van der Waals surface area contributed by atoms with E-state index in [9.17, 15) is 4.79 Å². The predicted octanol–water partition coefficient (Wildman–Crippen LogP) is 4.41. The van der Waals surface area contributed by atoms with Gasteiger partial charge in [-0.1, -0.05) is 49.4 Å². The smallest absolute Gasteiger partial charge is 0.223 e. The summed E-state index contributed by atoms with van der Waals surface area (Å²) >= 11 is 0. The number of benzene rings is 2. The van der Waals surface area contributed by atoms with E-state index in [0.29, 0.717) is 5.92 Å². The van der Waals surface area contributed by atoms with Crippen molar-refractivity contribution in [3.05, 3.63) is 65.7 Å². The van der Waals surface area contributed by atoms with E-state index in [1.165, 1.54) is 11.1 Å². The SMILES string of the molecule is CC(=O)N(C)c1ccc(C(C)CCc2ccccc2)cc1. The minimum atomic E-state index is 0.0554. The van der Waals surface area contributed by atoms with Gasteiger partial charge in [-0.3, -0.25) is 4.79 Å². The topological polar surface area (TPSA) is 20.3 Å². The van der Waals surface area contributed by atoms with Gasteiger partial charge in [-0.25, -0.2) is 0 Å². The molecular formula is C19H23NO. The first kappa shape index (κ1) is 15.3. The predicted molar refractivity (Wildman–Crippen MR) is 88.7 cm³/mol. The molecule has 0 saturated carbocycles. The molecular weight excluding hydrogens is 258 g/mol. The summed E-state index contributed by atoms with van der Waals surface area (Å²) in [4.78, 5) is 13.0. The van der Waals surface area contributed by atoms with Crippen molar-refractivity contribution in [3.63, 3.8) is 0 Å². The van der Waals surface area contributed by atoms with E-state index in [0.717, 1.165) is 18.5 Å². The third kappa shape index (κ3) is 4.19. The zero-order chi connectivity index (χ0) is 15.2. The Morgan fingerprint density at radius 2 is 1.67 bits per heavy atom. The molecule has 0 N–H and O–H groups in total. The molecule has 0 heterocycles. The van der Waals surface area contributed by atoms with Crippen LogP contribution in [0.15, 0.2) is 54.6 Å². The largest absolute Gasteiger partial charge is 0.316 e. The van der Waals surface area contributed by atoms with Gasteiger partial charge in [0.25, 0.3) is 0 Å². The fraction of sp³-hybridized carbons (Fsp3) is 0.316. The average molecular weight is 281 g/mol. The Labute approximate surface area is 127 Å². The van der Waals surface area contributed by atoms with E-state index in [4.69, 9.17) is 0 Å². The van der Waals surface area contributed by atoms with Crippen molar-refractivity contribution in [1.29, 1.82) is 0 Å². The summed E-state index contributed by atoms with van der Waals surface area (Å²) in [5.74, 6) is 0.571. The molecule has 2 aromatic rings. The third-order valence-electron chi connectivity index (χ3n) is 4.03. The van der Waals surface area contributed by atoms with Crippen molar-refractivity contribution in [2.24, 2.45) is 0 Å². The van der Waals surface area contributed by atoms with Crippen molar-refractivity contribution in [2.75, 3.05) is 11.9 Å². The highest BCUT2D eigenvalue weighted by Crippen LogP contribution is 2.23. The van der Waals surface area contributed by atoms with Crippen molar-refractivity contribution < 1.29 is 4.79 Å². The van der Waals surface area contributed by atoms with Crippen LogP contribution in [0.25, 0.3) is 0 Å². The molecule has 2 aromatic carbocycles. The monoisotopic (exact) mass is 281 g/mol. The lowest BCUT2D eigenvalue weighted by Gasteiger charge is -2.17. The maximum Gasteiger partial charge on any atom is 0.223 e. The summed E-state index contributed by atoms with van der Waals surface area (Å²) < 4.78 is 0. The number of hydrogen-bond acceptors (Lipinski definition) is 1. The molecule has 2 nitrogen and oxygen atoms in total. The Balaban J connectivity index is 1.96. The molecule has 0 aliphatic heterocycles. The van der Waals surface area contributed by atoms with E-state index >= 15 is 0 Å². The number of rotatable bonds is 5. The van der Waals surface area contributed by atoms with Crippen molar-refractivity contribution in [3.8, 4) is 0 Å². The molecule has 0 bridgehead atoms. The van der Waals surface area contributed by atoms with Crippen LogP contribution in [0.5, 0.6) is 0 Å². The summed E-state index contributed by atoms with van der Waals surface area (Å²) in [5.41, 5.74) is 3.66. The van der Waals surface area contributed by atoms with Crippen LogP contribution < -0.4 is 4.90 Å². The Bertz CT molecular complexity index is 574. The van der Waals surface area contributed by atoms with Gasteiger partial charge in [-0.2, -0.15) is 0 Å². The second-order valence-electron chi connectivity index (χ2n) is 5.59. The van der Waals surface area contributed by atoms with E-state index < -0.39 is 0 Å². The first-order valence-electron chi connectivity index (χ1n) is 7.46. The summed E-state index contributed by atoms with van der Waals surface area (Å²) in [6.45, 7) is 3.84. The zero-order valence-electron chi connectivity index (χ0n) is 13.0. The van der Waals surface area contributed by atoms with Crippen LogP contribution in [-0.4, -0.2) is 13.0 Å². The third-order valence-corrected chi connectivity index (χ3v) is 4.03. The number of carbonyl (C=O) groups is 1. The van der Waals surface area contributed by atoms with Crippen LogP contribution in [0.4, 0.5) is 5.69 Å². The van der Waals surface area contributed by atoms with Crippen LogP contribution in [-0.2, 0) is 11.2 Å². The molecule has 110 valence electrons. The van der Waals surface area contributed by atoms with Crippen molar-refractivity contribution in [1.82, 2.24) is 0 Å². The van der Waals surface area contributed by atoms with Gasteiger partial charge >= 0.3 is 0 Å². The van der Waals surface area contributed by atoms with Crippen LogP contribution in [0.1, 0.15) is 37.3 Å². The summed E-state index contributed by atoms with van der Waals surface area (Å²) in [5, 5.41) is 0. The molecule has 0 aromatic heterocycles. The number of anilines is 1. The fourth-order valence-corrected chi connectivity index (χ4v) is 2.40. The Morgan fingerprint density at radius 1 is 1.05 bits per heavy atom. The number of hydrogen-bond donors (Lipinski definition) is 0. The molecule has 0 saturated heterocycles. The standard InChI is InChI=1S/C19H23NO/c1-15(9-10-17-7-5-4-6-8-17)18-11-13-19(14-12-18)20(3)16(2)21/h4-8,11-15H,9-10H2,1-3H3. The molecule has 0 radical (unpaired) electrons. The van der Waals surface area contributed by atoms with Gasteiger partial charge in [0, 0.05) is 19.7 Å². The molecule has 1 unspecified atom stereocenters. The van der Waals surface area contributed by atoms with Gasteiger partial charge in [-0.15, -0.1) is 0 Å². The first-order valence-corrected chi connectivity index (χ1v) is 7.46. The van der Waals surface area contributed by atoms with E-state index in [-0.39, 0.29) is 5.91 Å². The van der Waals surface area contributed by atoms with Gasteiger partial charge in [0.2, 0.25) is 5.91 Å². The van der Waals surface area contributed by atoms with Crippen molar-refractivity contribution >= 4 is 11.6 Å². The second kappa shape index (κ2) is 7.07. The number of aryl methyl sites for hydroxylation is 1. The molecule has 2 heteroatoms. The van der Waals surface area contributed by atoms with Crippen LogP contribution in [0.2, 0.25) is 0 Å². The lowest BCUT2D eigenvalue weighted by Crippen LogP contribution is -2.22. The highest BCUT2D eigenvalue weighted by Gasteiger charge is 2.08. The number of carbonyl (C=O) groups excluding carboxylic acids is 1. The second-order valence-corrected chi connectivity index (χ2v) is 5.59. The number of amides is 1. The van der Waals surface area contributed by atoms with Gasteiger partial charge in [0.1, 0.15) is 0 Å². The average Bonchev–Trinajstić information content (AvgIpc) is 2.53. The molecule has 0 aliphatic rings. The maximum atomic E-state index is 11.3. The highest BCUT2D eigenvalue weighted by molar-refractivity contribution is 5.90. The Hall–Kier alpha value is -2.09. The molecule has 1 atom stereocenters. The quantitative estimate of drug-likeness (QED) is 0.795. The van der Waals surface area contributed by atoms with Crippen LogP contribution in [0.3, 0.4) is 0 Å². The highest BCUT2D eigenvalue weighted by atomic mass is 16.2. The van der Waals surface area contributed by atoms with Crippen LogP contribution in [0, 0.1) is 0 Å². The first-order chi connectivity index (χ1) is 10.1. The molecule has 0 fully saturated rings. The maximum absolute atomic E-state index is 11.3. The van der Waals surface area contributed by atoms with E-state index in [1.807, 2.05) is 12.1 Å². The molecule has 0 spiro atoms. The summed E-state index contributed by atoms with van der Waals surface area (Å²) in [6.07, 6.45) is 2.23. The molecule has 2 rings (SSSR count). The van der Waals surface area contributed by atoms with Crippen LogP contribution >= 0.6 is 0 Å². The van der Waals surface area contributed by atoms with E-state index in [2.05, 4.69) is 49.4 Å². The lowest BCUT2D eigenvalue weighted by molar-refractivity contribution is -0.116. The fourth-order valence-electron chi connectivity index (χ4n) is 2.40. The molecule has 1 amide bonds. The minimum absolute atomic E-state index is 0.0554. The Kier molecular flexibility index (Phi) is 5.15. The van der Waals surface area contributed by atoms with Gasteiger partial charge in [-0.05, 0) is 42.0 Å². The summed E-state index contributed by atoms with van der Waals surface area (Å²) in [7, 11) is 1.80. The van der Waals surface area contributed by atoms with E-state index in [1.54, 1.807) is 18.9 Å². The van der Waals surface area contributed by atoms with Crippen molar-refractivity contribution in [2.45, 2.75) is 32.6 Å². The Morgan fingerprint density at radius 3 is 2.24 bits per heavy atom. The van der Waals surface area contributed by atoms with Gasteiger partial charge < -0.3 is 4.90 Å². The summed E-state index contributed by atoms with van der Waals surface area (Å²) in [6, 6.07) is 18.9. The lowest BCUT2D eigenvalue weighted by atomic mass is 9.94. The minimum Gasteiger partial charge on any atom is -0.316 e.